The average molecular weight is 305 g/mol. The molecule has 0 aliphatic carbocycles. The van der Waals surface area contributed by atoms with Crippen LogP contribution in [0.4, 0.5) is 0 Å². The van der Waals surface area contributed by atoms with Gasteiger partial charge in [0.1, 0.15) is 17.3 Å². The fourth-order valence-electron chi connectivity index (χ4n) is 1.71. The van der Waals surface area contributed by atoms with Gasteiger partial charge in [-0.15, -0.1) is 0 Å². The van der Waals surface area contributed by atoms with Gasteiger partial charge in [0.2, 0.25) is 0 Å². The van der Waals surface area contributed by atoms with Gasteiger partial charge in [0, 0.05) is 30.2 Å². The van der Waals surface area contributed by atoms with Gasteiger partial charge in [-0.1, -0.05) is 6.92 Å². The van der Waals surface area contributed by atoms with Crippen molar-refractivity contribution in [2.24, 2.45) is 0 Å². The standard InChI is InChI=1S/C15H15NO6/c1-2-14(19)22-15-6-4-10(21-15)8-12(16-20)11-5-3-9(17)7-13(11)18/h3-8,16-18,20H,2H2,1H3. The number of rotatable bonds is 5. The number of hydrogen-bond acceptors (Lipinski definition) is 7. The van der Waals surface area contributed by atoms with Gasteiger partial charge in [-0.2, -0.15) is 0 Å². The zero-order valence-corrected chi connectivity index (χ0v) is 11.7. The highest BCUT2D eigenvalue weighted by molar-refractivity contribution is 5.81. The minimum absolute atomic E-state index is 0.0327. The molecule has 0 radical (unpaired) electrons. The lowest BCUT2D eigenvalue weighted by atomic mass is 10.1. The lowest BCUT2D eigenvalue weighted by Crippen LogP contribution is -2.05. The van der Waals surface area contributed by atoms with E-state index < -0.39 is 5.97 Å². The summed E-state index contributed by atoms with van der Waals surface area (Å²) < 4.78 is 10.2. The average Bonchev–Trinajstić information content (AvgIpc) is 2.92. The largest absolute Gasteiger partial charge is 0.508 e. The van der Waals surface area contributed by atoms with E-state index in [0.29, 0.717) is 5.76 Å². The minimum Gasteiger partial charge on any atom is -0.508 e. The Balaban J connectivity index is 2.27. The number of hydroxylamine groups is 1. The number of carbonyl (C=O) groups excluding carboxylic acids is 1. The van der Waals surface area contributed by atoms with Crippen LogP contribution in [0.1, 0.15) is 24.7 Å². The van der Waals surface area contributed by atoms with Crippen molar-refractivity contribution in [1.29, 1.82) is 0 Å². The summed E-state index contributed by atoms with van der Waals surface area (Å²) in [6.07, 6.45) is 1.62. The molecule has 2 rings (SSSR count). The van der Waals surface area contributed by atoms with Gasteiger partial charge in [-0.3, -0.25) is 15.5 Å². The third-order valence-electron chi connectivity index (χ3n) is 2.78. The van der Waals surface area contributed by atoms with Gasteiger partial charge >= 0.3 is 5.97 Å². The van der Waals surface area contributed by atoms with E-state index >= 15 is 0 Å². The maximum atomic E-state index is 11.2. The first kappa shape index (κ1) is 15.5. The van der Waals surface area contributed by atoms with E-state index in [1.807, 2.05) is 5.48 Å². The predicted molar refractivity (Wildman–Crippen MR) is 77.2 cm³/mol. The second kappa shape index (κ2) is 6.68. The molecule has 1 aromatic heterocycles. The first-order chi connectivity index (χ1) is 10.5. The molecule has 0 spiro atoms. The Hall–Kier alpha value is -2.93. The molecule has 1 aromatic carbocycles. The number of ether oxygens (including phenoxy) is 1. The molecule has 0 bridgehead atoms. The Morgan fingerprint density at radius 1 is 1.32 bits per heavy atom. The SMILES string of the molecule is CCC(=O)Oc1ccc(C=C(NO)c2ccc(O)cc2O)o1. The lowest BCUT2D eigenvalue weighted by molar-refractivity contribution is -0.135. The molecule has 0 amide bonds. The summed E-state index contributed by atoms with van der Waals surface area (Å²) in [6.45, 7) is 1.66. The van der Waals surface area contributed by atoms with Crippen LogP contribution in [0.2, 0.25) is 0 Å². The van der Waals surface area contributed by atoms with Gasteiger partial charge in [0.05, 0.1) is 5.70 Å². The molecule has 7 heteroatoms. The van der Waals surface area contributed by atoms with E-state index in [1.54, 1.807) is 6.92 Å². The second-order valence-electron chi connectivity index (χ2n) is 4.36. The topological polar surface area (TPSA) is 112 Å². The lowest BCUT2D eigenvalue weighted by Gasteiger charge is -2.08. The first-order valence-electron chi connectivity index (χ1n) is 6.48. The van der Waals surface area contributed by atoms with E-state index in [4.69, 9.17) is 9.15 Å². The van der Waals surface area contributed by atoms with Crippen molar-refractivity contribution in [2.75, 3.05) is 0 Å². The Kier molecular flexibility index (Phi) is 4.70. The van der Waals surface area contributed by atoms with Crippen molar-refractivity contribution in [1.82, 2.24) is 5.48 Å². The van der Waals surface area contributed by atoms with Crippen molar-refractivity contribution in [3.8, 4) is 17.4 Å². The van der Waals surface area contributed by atoms with Gasteiger partial charge in [-0.25, -0.2) is 0 Å². The monoisotopic (exact) mass is 305 g/mol. The molecular formula is C15H15NO6. The van der Waals surface area contributed by atoms with Gasteiger partial charge in [-0.05, 0) is 18.2 Å². The highest BCUT2D eigenvalue weighted by Gasteiger charge is 2.10. The fraction of sp³-hybridized carbons (Fsp3) is 0.133. The molecule has 2 aromatic rings. The number of hydrogen-bond donors (Lipinski definition) is 4. The number of phenolic OH excluding ortho intramolecular Hbond substituents is 2. The summed E-state index contributed by atoms with van der Waals surface area (Å²) in [5.41, 5.74) is 2.33. The highest BCUT2D eigenvalue weighted by Crippen LogP contribution is 2.29. The number of aromatic hydroxyl groups is 2. The van der Waals surface area contributed by atoms with Crippen LogP contribution in [0, 0.1) is 0 Å². The molecule has 22 heavy (non-hydrogen) atoms. The number of furan rings is 1. The molecule has 0 atom stereocenters. The number of phenols is 2. The zero-order valence-electron chi connectivity index (χ0n) is 11.7. The summed E-state index contributed by atoms with van der Waals surface area (Å²) in [4.78, 5) is 11.2. The molecule has 0 saturated carbocycles. The minimum atomic E-state index is -0.429. The number of esters is 1. The third-order valence-corrected chi connectivity index (χ3v) is 2.78. The highest BCUT2D eigenvalue weighted by atomic mass is 16.6. The molecule has 4 N–H and O–H groups in total. The smallest absolute Gasteiger partial charge is 0.313 e. The fourth-order valence-corrected chi connectivity index (χ4v) is 1.71. The molecule has 116 valence electrons. The number of carbonyl (C=O) groups is 1. The van der Waals surface area contributed by atoms with Crippen molar-refractivity contribution in [3.63, 3.8) is 0 Å². The van der Waals surface area contributed by atoms with Crippen molar-refractivity contribution in [2.45, 2.75) is 13.3 Å². The second-order valence-corrected chi connectivity index (χ2v) is 4.36. The van der Waals surface area contributed by atoms with Crippen molar-refractivity contribution in [3.05, 3.63) is 41.7 Å². The van der Waals surface area contributed by atoms with Crippen LogP contribution in [-0.2, 0) is 4.79 Å². The van der Waals surface area contributed by atoms with Gasteiger partial charge < -0.3 is 19.4 Å². The van der Waals surface area contributed by atoms with Crippen molar-refractivity contribution >= 4 is 17.7 Å². The van der Waals surface area contributed by atoms with Crippen LogP contribution in [0.5, 0.6) is 17.4 Å². The van der Waals surface area contributed by atoms with Crippen LogP contribution < -0.4 is 10.2 Å². The Morgan fingerprint density at radius 3 is 2.73 bits per heavy atom. The molecule has 7 nitrogen and oxygen atoms in total. The first-order valence-corrected chi connectivity index (χ1v) is 6.48. The molecule has 0 fully saturated rings. The maximum absolute atomic E-state index is 11.2. The van der Waals surface area contributed by atoms with E-state index in [9.17, 15) is 20.2 Å². The molecular weight excluding hydrogens is 290 g/mol. The molecule has 0 aliphatic rings. The van der Waals surface area contributed by atoms with Gasteiger partial charge in [0.15, 0.2) is 0 Å². The summed E-state index contributed by atoms with van der Waals surface area (Å²) in [5, 5.41) is 28.2. The Bertz CT molecular complexity index is 704. The van der Waals surface area contributed by atoms with Crippen molar-refractivity contribution < 1.29 is 29.4 Å². The molecule has 0 unspecified atom stereocenters. The predicted octanol–water partition coefficient (Wildman–Crippen LogP) is 2.48. The normalized spacial score (nSPS) is 11.3. The third kappa shape index (κ3) is 3.58. The van der Waals surface area contributed by atoms with E-state index in [0.717, 1.165) is 6.07 Å². The summed E-state index contributed by atoms with van der Waals surface area (Å²) in [7, 11) is 0. The van der Waals surface area contributed by atoms with E-state index in [1.165, 1.54) is 30.3 Å². The molecule has 0 saturated heterocycles. The van der Waals surface area contributed by atoms with Crippen LogP contribution in [-0.4, -0.2) is 21.4 Å². The zero-order chi connectivity index (χ0) is 16.1. The Morgan fingerprint density at radius 2 is 2.09 bits per heavy atom. The summed E-state index contributed by atoms with van der Waals surface area (Å²) >= 11 is 0. The summed E-state index contributed by atoms with van der Waals surface area (Å²) in [6, 6.07) is 6.91. The molecule has 1 heterocycles. The Labute approximate surface area is 126 Å². The van der Waals surface area contributed by atoms with E-state index in [-0.39, 0.29) is 35.1 Å². The number of benzene rings is 1. The van der Waals surface area contributed by atoms with Gasteiger partial charge in [0.25, 0.3) is 5.95 Å². The van der Waals surface area contributed by atoms with Crippen LogP contribution in [0.3, 0.4) is 0 Å². The van der Waals surface area contributed by atoms with E-state index in [2.05, 4.69) is 0 Å². The van der Waals surface area contributed by atoms with Crippen LogP contribution in [0.25, 0.3) is 11.8 Å². The number of nitrogens with one attached hydrogen (secondary N) is 1. The summed E-state index contributed by atoms with van der Waals surface area (Å²) in [5.74, 6) is -0.433. The van der Waals surface area contributed by atoms with Crippen LogP contribution >= 0.6 is 0 Å². The van der Waals surface area contributed by atoms with Crippen LogP contribution in [0.15, 0.2) is 34.7 Å². The quantitative estimate of drug-likeness (QED) is 0.496. The maximum Gasteiger partial charge on any atom is 0.313 e. The molecule has 0 aliphatic heterocycles.